The number of anilines is 1. The molecule has 1 N–H and O–H groups in total. The van der Waals surface area contributed by atoms with Gasteiger partial charge < -0.3 is 14.6 Å². The van der Waals surface area contributed by atoms with Gasteiger partial charge in [-0.25, -0.2) is 4.98 Å². The van der Waals surface area contributed by atoms with Crippen LogP contribution in [0, 0.1) is 13.8 Å². The smallest absolute Gasteiger partial charge is 0.223 e. The van der Waals surface area contributed by atoms with Crippen molar-refractivity contribution in [3.8, 4) is 11.4 Å². The Morgan fingerprint density at radius 2 is 2.12 bits per heavy atom. The molecule has 6 heteroatoms. The molecule has 6 nitrogen and oxygen atoms in total. The van der Waals surface area contributed by atoms with Gasteiger partial charge in [0.1, 0.15) is 5.82 Å². The van der Waals surface area contributed by atoms with E-state index in [1.807, 2.05) is 6.07 Å². The van der Waals surface area contributed by atoms with Gasteiger partial charge in [0, 0.05) is 25.5 Å². The van der Waals surface area contributed by atoms with Crippen LogP contribution in [0.1, 0.15) is 24.3 Å². The van der Waals surface area contributed by atoms with Gasteiger partial charge in [0.2, 0.25) is 11.7 Å². The maximum Gasteiger partial charge on any atom is 0.223 e. The molecule has 124 valence electrons. The maximum absolute atomic E-state index is 5.69. The molecule has 0 spiro atoms. The number of aryl methyl sites for hydroxylation is 2. The van der Waals surface area contributed by atoms with Crippen LogP contribution in [0.15, 0.2) is 28.8 Å². The second kappa shape index (κ2) is 6.20. The van der Waals surface area contributed by atoms with E-state index in [0.717, 1.165) is 48.3 Å². The van der Waals surface area contributed by atoms with Gasteiger partial charge in [-0.2, -0.15) is 4.98 Å². The highest BCUT2D eigenvalue weighted by Crippen LogP contribution is 2.29. The number of rotatable bonds is 4. The van der Waals surface area contributed by atoms with E-state index in [1.54, 1.807) is 6.92 Å². The predicted molar refractivity (Wildman–Crippen MR) is 92.0 cm³/mol. The van der Waals surface area contributed by atoms with Gasteiger partial charge in [0.15, 0.2) is 0 Å². The van der Waals surface area contributed by atoms with Crippen LogP contribution in [-0.4, -0.2) is 34.4 Å². The van der Waals surface area contributed by atoms with E-state index in [2.05, 4.69) is 40.6 Å². The van der Waals surface area contributed by atoms with E-state index in [-0.39, 0.29) is 6.10 Å². The molecule has 24 heavy (non-hydrogen) atoms. The molecule has 1 unspecified atom stereocenters. The van der Waals surface area contributed by atoms with Crippen molar-refractivity contribution in [1.29, 1.82) is 0 Å². The highest BCUT2D eigenvalue weighted by Gasteiger charge is 2.18. The summed E-state index contributed by atoms with van der Waals surface area (Å²) in [5, 5.41) is 8.54. The molecule has 1 aromatic carbocycles. The Labute approximate surface area is 140 Å². The van der Waals surface area contributed by atoms with Gasteiger partial charge in [0.05, 0.1) is 17.2 Å². The van der Waals surface area contributed by atoms with E-state index in [4.69, 9.17) is 14.2 Å². The third-order valence-corrected chi connectivity index (χ3v) is 4.26. The molecular formula is C18H20N4O2. The fourth-order valence-electron chi connectivity index (χ4n) is 3.03. The topological polar surface area (TPSA) is 73.1 Å². The van der Waals surface area contributed by atoms with Crippen molar-refractivity contribution in [2.75, 3.05) is 18.5 Å². The Balaban J connectivity index is 1.74. The number of pyridine rings is 1. The van der Waals surface area contributed by atoms with Crippen LogP contribution in [0.4, 0.5) is 5.82 Å². The molecule has 0 amide bonds. The molecule has 1 aliphatic rings. The van der Waals surface area contributed by atoms with E-state index >= 15 is 0 Å². The van der Waals surface area contributed by atoms with Crippen LogP contribution in [0.5, 0.6) is 0 Å². The molecule has 1 fully saturated rings. The molecule has 3 heterocycles. The second-order valence-electron chi connectivity index (χ2n) is 6.23. The minimum Gasteiger partial charge on any atom is -0.376 e. The van der Waals surface area contributed by atoms with Crippen molar-refractivity contribution in [2.45, 2.75) is 32.8 Å². The van der Waals surface area contributed by atoms with Gasteiger partial charge >= 0.3 is 0 Å². The minimum atomic E-state index is 0.236. The van der Waals surface area contributed by atoms with Crippen molar-refractivity contribution in [3.05, 3.63) is 35.7 Å². The number of aromatic nitrogens is 3. The number of ether oxygens (including phenoxy) is 1. The summed E-state index contributed by atoms with van der Waals surface area (Å²) in [6, 6.07) is 8.28. The largest absolute Gasteiger partial charge is 0.376 e. The average Bonchev–Trinajstić information content (AvgIpc) is 3.23. The van der Waals surface area contributed by atoms with Crippen LogP contribution >= 0.6 is 0 Å². The van der Waals surface area contributed by atoms with Crippen LogP contribution in [0.2, 0.25) is 0 Å². The standard InChI is InChI=1S/C18H20N4O2/c1-11-5-6-16-13(8-11)9-15(18-20-12(2)24-22-18)17(21-16)19-10-14-4-3-7-23-14/h5-6,8-9,14H,3-4,7,10H2,1-2H3,(H,19,21). The van der Waals surface area contributed by atoms with Gasteiger partial charge in [0.25, 0.3) is 0 Å². The molecule has 1 atom stereocenters. The Kier molecular flexibility index (Phi) is 3.90. The molecule has 1 saturated heterocycles. The maximum atomic E-state index is 5.69. The fourth-order valence-corrected chi connectivity index (χ4v) is 3.03. The second-order valence-corrected chi connectivity index (χ2v) is 6.23. The average molecular weight is 324 g/mol. The van der Waals surface area contributed by atoms with Crippen molar-refractivity contribution < 1.29 is 9.26 Å². The summed E-state index contributed by atoms with van der Waals surface area (Å²) in [5.74, 6) is 1.86. The molecule has 0 aliphatic carbocycles. The quantitative estimate of drug-likeness (QED) is 0.792. The monoisotopic (exact) mass is 324 g/mol. The minimum absolute atomic E-state index is 0.236. The summed E-state index contributed by atoms with van der Waals surface area (Å²) in [6.45, 7) is 5.43. The molecule has 4 rings (SSSR count). The molecule has 1 aliphatic heterocycles. The van der Waals surface area contributed by atoms with E-state index in [9.17, 15) is 0 Å². The van der Waals surface area contributed by atoms with Gasteiger partial charge in [-0.3, -0.25) is 0 Å². The first kappa shape index (κ1) is 15.1. The first-order valence-corrected chi connectivity index (χ1v) is 8.26. The number of benzene rings is 1. The molecule has 2 aromatic heterocycles. The van der Waals surface area contributed by atoms with E-state index < -0.39 is 0 Å². The zero-order valence-electron chi connectivity index (χ0n) is 13.9. The Bertz CT molecular complexity index is 869. The summed E-state index contributed by atoms with van der Waals surface area (Å²) in [4.78, 5) is 9.14. The molecule has 0 saturated carbocycles. The van der Waals surface area contributed by atoms with E-state index in [1.165, 1.54) is 5.56 Å². The zero-order valence-corrected chi connectivity index (χ0v) is 13.9. The van der Waals surface area contributed by atoms with Crippen molar-refractivity contribution >= 4 is 16.7 Å². The van der Waals surface area contributed by atoms with Gasteiger partial charge in [-0.1, -0.05) is 16.8 Å². The van der Waals surface area contributed by atoms with Crippen LogP contribution < -0.4 is 5.32 Å². The third kappa shape index (κ3) is 2.97. The highest BCUT2D eigenvalue weighted by atomic mass is 16.5. The molecule has 0 radical (unpaired) electrons. The number of hydrogen-bond acceptors (Lipinski definition) is 6. The van der Waals surface area contributed by atoms with Gasteiger partial charge in [-0.15, -0.1) is 0 Å². The van der Waals surface area contributed by atoms with Crippen LogP contribution in [-0.2, 0) is 4.74 Å². The summed E-state index contributed by atoms with van der Waals surface area (Å²) in [6.07, 6.45) is 2.43. The summed E-state index contributed by atoms with van der Waals surface area (Å²) in [5.41, 5.74) is 2.99. The van der Waals surface area contributed by atoms with Crippen molar-refractivity contribution in [3.63, 3.8) is 0 Å². The predicted octanol–water partition coefficient (Wildman–Crippen LogP) is 3.49. The fraction of sp³-hybridized carbons (Fsp3) is 0.389. The van der Waals surface area contributed by atoms with Crippen LogP contribution in [0.3, 0.4) is 0 Å². The summed E-state index contributed by atoms with van der Waals surface area (Å²) >= 11 is 0. The third-order valence-electron chi connectivity index (χ3n) is 4.26. The Morgan fingerprint density at radius 1 is 1.21 bits per heavy atom. The molecule has 0 bridgehead atoms. The van der Waals surface area contributed by atoms with Crippen LogP contribution in [0.25, 0.3) is 22.3 Å². The van der Waals surface area contributed by atoms with Crippen molar-refractivity contribution in [1.82, 2.24) is 15.1 Å². The summed E-state index contributed by atoms with van der Waals surface area (Å²) in [7, 11) is 0. The lowest BCUT2D eigenvalue weighted by Gasteiger charge is -2.14. The normalized spacial score (nSPS) is 17.5. The lowest BCUT2D eigenvalue weighted by atomic mass is 10.1. The van der Waals surface area contributed by atoms with Crippen molar-refractivity contribution in [2.24, 2.45) is 0 Å². The number of fused-ring (bicyclic) bond motifs is 1. The number of nitrogens with one attached hydrogen (secondary N) is 1. The Morgan fingerprint density at radius 3 is 2.88 bits per heavy atom. The molecule has 3 aromatic rings. The first-order valence-electron chi connectivity index (χ1n) is 8.26. The number of nitrogens with zero attached hydrogens (tertiary/aromatic N) is 3. The lowest BCUT2D eigenvalue weighted by molar-refractivity contribution is 0.120. The number of hydrogen-bond donors (Lipinski definition) is 1. The van der Waals surface area contributed by atoms with Gasteiger partial charge in [-0.05, 0) is 38.0 Å². The lowest BCUT2D eigenvalue weighted by Crippen LogP contribution is -2.19. The van der Waals surface area contributed by atoms with E-state index in [0.29, 0.717) is 11.7 Å². The molecular weight excluding hydrogens is 304 g/mol. The first-order chi connectivity index (χ1) is 11.7. The Hall–Kier alpha value is -2.47. The SMILES string of the molecule is Cc1ccc2nc(NCC3CCCO3)c(-c3noc(C)n3)cc2c1. The summed E-state index contributed by atoms with van der Waals surface area (Å²) < 4.78 is 10.8. The zero-order chi connectivity index (χ0) is 16.5. The highest BCUT2D eigenvalue weighted by molar-refractivity contribution is 5.88.